The van der Waals surface area contributed by atoms with Gasteiger partial charge in [-0.25, -0.2) is 0 Å². The molecule has 0 heterocycles. The largest absolute Gasteiger partial charge is 0.369 e. The molecule has 17 heavy (non-hydrogen) atoms. The first-order valence-electron chi connectivity index (χ1n) is 4.96. The monoisotopic (exact) mass is 295 g/mol. The van der Waals surface area contributed by atoms with Gasteiger partial charge in [0.2, 0.25) is 5.91 Å². The van der Waals surface area contributed by atoms with Crippen LogP contribution in [0.3, 0.4) is 0 Å². The van der Waals surface area contributed by atoms with Crippen LogP contribution in [0.25, 0.3) is 0 Å². The first-order valence-corrected chi connectivity index (χ1v) is 6.09. The zero-order chi connectivity index (χ0) is 13.0. The first kappa shape index (κ1) is 14.6. The summed E-state index contributed by atoms with van der Waals surface area (Å²) in [4.78, 5) is 11.5. The van der Waals surface area contributed by atoms with Crippen molar-refractivity contribution in [3.05, 3.63) is 27.2 Å². The summed E-state index contributed by atoms with van der Waals surface area (Å²) < 4.78 is 5.16. The number of halogens is 3. The van der Waals surface area contributed by atoms with Crippen LogP contribution < -0.4 is 5.32 Å². The number of nitrogens with one attached hydrogen (secondary N) is 1. The van der Waals surface area contributed by atoms with Gasteiger partial charge in [-0.05, 0) is 26.0 Å². The fraction of sp³-hybridized carbons (Fsp3) is 0.364. The van der Waals surface area contributed by atoms with E-state index in [2.05, 4.69) is 5.32 Å². The number of carbonyl (C=O) groups is 1. The van der Waals surface area contributed by atoms with Crippen LogP contribution in [0.15, 0.2) is 12.1 Å². The number of carbonyl (C=O) groups excluding carboxylic acids is 1. The van der Waals surface area contributed by atoms with Crippen molar-refractivity contribution >= 4 is 46.4 Å². The Morgan fingerprint density at radius 3 is 2.41 bits per heavy atom. The number of ether oxygens (including phenoxy) is 1. The molecule has 0 bridgehead atoms. The first-order chi connectivity index (χ1) is 7.90. The summed E-state index contributed by atoms with van der Waals surface area (Å²) in [6.07, 6.45) is -0.00923. The molecule has 0 saturated carbocycles. The smallest absolute Gasteiger partial charge is 0.250 e. The van der Waals surface area contributed by atoms with Gasteiger partial charge in [0.25, 0.3) is 0 Å². The minimum absolute atomic E-state index is 0.00923. The van der Waals surface area contributed by atoms with Gasteiger partial charge in [-0.15, -0.1) is 0 Å². The lowest BCUT2D eigenvalue weighted by Gasteiger charge is -2.10. The van der Waals surface area contributed by atoms with Crippen molar-refractivity contribution in [1.82, 2.24) is 0 Å². The second kappa shape index (κ2) is 6.45. The summed E-state index contributed by atoms with van der Waals surface area (Å²) >= 11 is 17.5. The Hall–Kier alpha value is -0.480. The van der Waals surface area contributed by atoms with Gasteiger partial charge >= 0.3 is 0 Å². The molecule has 1 N–H and O–H groups in total. The van der Waals surface area contributed by atoms with E-state index in [1.54, 1.807) is 0 Å². The standard InChI is InChI=1S/C11H12Cl3NO2/c1-6(2)17-5-11(16)15-10-4-8(13)7(12)3-9(10)14/h3-4,6H,5H2,1-2H3,(H,15,16). The zero-order valence-electron chi connectivity index (χ0n) is 9.39. The Balaban J connectivity index is 2.68. The Bertz CT molecular complexity index is 421. The number of hydrogen-bond donors (Lipinski definition) is 1. The van der Waals surface area contributed by atoms with Gasteiger partial charge in [-0.2, -0.15) is 0 Å². The SMILES string of the molecule is CC(C)OCC(=O)Nc1cc(Cl)c(Cl)cc1Cl. The van der Waals surface area contributed by atoms with Gasteiger partial charge in [-0.3, -0.25) is 4.79 Å². The molecule has 0 aliphatic heterocycles. The quantitative estimate of drug-likeness (QED) is 0.853. The van der Waals surface area contributed by atoms with Gasteiger partial charge < -0.3 is 10.1 Å². The van der Waals surface area contributed by atoms with Gasteiger partial charge in [-0.1, -0.05) is 34.8 Å². The Morgan fingerprint density at radius 2 is 1.82 bits per heavy atom. The summed E-state index contributed by atoms with van der Waals surface area (Å²) in [6.45, 7) is 3.66. The average molecular weight is 297 g/mol. The highest BCUT2D eigenvalue weighted by atomic mass is 35.5. The van der Waals surface area contributed by atoms with Crippen molar-refractivity contribution in [2.24, 2.45) is 0 Å². The summed E-state index contributed by atoms with van der Waals surface area (Å²) in [5.74, 6) is -0.293. The summed E-state index contributed by atoms with van der Waals surface area (Å²) in [5.41, 5.74) is 0.415. The van der Waals surface area contributed by atoms with E-state index < -0.39 is 0 Å². The number of rotatable bonds is 4. The molecule has 0 unspecified atom stereocenters. The van der Waals surface area contributed by atoms with E-state index >= 15 is 0 Å². The summed E-state index contributed by atoms with van der Waals surface area (Å²) in [6, 6.07) is 2.98. The number of anilines is 1. The third-order valence-electron chi connectivity index (χ3n) is 1.83. The Morgan fingerprint density at radius 1 is 1.24 bits per heavy atom. The number of benzene rings is 1. The van der Waals surface area contributed by atoms with Gasteiger partial charge in [0.15, 0.2) is 0 Å². The summed E-state index contributed by atoms with van der Waals surface area (Å²) in [5, 5.41) is 3.60. The lowest BCUT2D eigenvalue weighted by molar-refractivity contribution is -0.121. The molecule has 0 fully saturated rings. The number of amides is 1. The molecule has 6 heteroatoms. The van der Waals surface area contributed by atoms with Gasteiger partial charge in [0, 0.05) is 0 Å². The molecule has 1 rings (SSSR count). The second-order valence-corrected chi connectivity index (χ2v) is 4.88. The van der Waals surface area contributed by atoms with E-state index in [1.165, 1.54) is 12.1 Å². The van der Waals surface area contributed by atoms with Gasteiger partial charge in [0.1, 0.15) is 6.61 Å². The predicted molar refractivity (Wildman–Crippen MR) is 71.2 cm³/mol. The molecule has 0 spiro atoms. The maximum atomic E-state index is 11.5. The minimum Gasteiger partial charge on any atom is -0.369 e. The zero-order valence-corrected chi connectivity index (χ0v) is 11.7. The fourth-order valence-electron chi connectivity index (χ4n) is 1.05. The molecule has 1 aromatic rings. The van der Waals surface area contributed by atoms with Crippen molar-refractivity contribution in [1.29, 1.82) is 0 Å². The molecule has 0 saturated heterocycles. The molecule has 1 amide bonds. The van der Waals surface area contributed by atoms with Crippen molar-refractivity contribution in [2.75, 3.05) is 11.9 Å². The van der Waals surface area contributed by atoms with Crippen LogP contribution in [0.1, 0.15) is 13.8 Å². The predicted octanol–water partition coefficient (Wildman–Crippen LogP) is 4.01. The second-order valence-electron chi connectivity index (χ2n) is 3.65. The molecule has 1 aromatic carbocycles. The Labute approximate surface area is 115 Å². The van der Waals surface area contributed by atoms with Crippen LogP contribution in [0.5, 0.6) is 0 Å². The lowest BCUT2D eigenvalue weighted by Crippen LogP contribution is -2.20. The van der Waals surface area contributed by atoms with Crippen molar-refractivity contribution in [2.45, 2.75) is 20.0 Å². The van der Waals surface area contributed by atoms with Crippen LogP contribution in [0, 0.1) is 0 Å². The van der Waals surface area contributed by atoms with E-state index in [9.17, 15) is 4.79 Å². The molecule has 3 nitrogen and oxygen atoms in total. The molecule has 0 radical (unpaired) electrons. The molecule has 0 aromatic heterocycles. The minimum atomic E-state index is -0.293. The van der Waals surface area contributed by atoms with Crippen LogP contribution >= 0.6 is 34.8 Å². The van der Waals surface area contributed by atoms with Crippen molar-refractivity contribution < 1.29 is 9.53 Å². The molecule has 0 aliphatic rings. The van der Waals surface area contributed by atoms with E-state index in [1.807, 2.05) is 13.8 Å². The van der Waals surface area contributed by atoms with Crippen LogP contribution in [-0.4, -0.2) is 18.6 Å². The average Bonchev–Trinajstić information content (AvgIpc) is 2.23. The highest BCUT2D eigenvalue weighted by Gasteiger charge is 2.09. The summed E-state index contributed by atoms with van der Waals surface area (Å²) in [7, 11) is 0. The normalized spacial score (nSPS) is 10.7. The van der Waals surface area contributed by atoms with Crippen molar-refractivity contribution in [3.63, 3.8) is 0 Å². The van der Waals surface area contributed by atoms with Crippen molar-refractivity contribution in [3.8, 4) is 0 Å². The lowest BCUT2D eigenvalue weighted by atomic mass is 10.3. The highest BCUT2D eigenvalue weighted by molar-refractivity contribution is 6.44. The third kappa shape index (κ3) is 4.72. The van der Waals surface area contributed by atoms with Gasteiger partial charge in [0.05, 0.1) is 26.9 Å². The maximum Gasteiger partial charge on any atom is 0.250 e. The van der Waals surface area contributed by atoms with E-state index in [0.29, 0.717) is 20.8 Å². The molecule has 0 atom stereocenters. The molecular weight excluding hydrogens is 284 g/mol. The Kier molecular flexibility index (Phi) is 5.53. The maximum absolute atomic E-state index is 11.5. The number of hydrogen-bond acceptors (Lipinski definition) is 2. The van der Waals surface area contributed by atoms with Crippen LogP contribution in [0.4, 0.5) is 5.69 Å². The topological polar surface area (TPSA) is 38.3 Å². The molecular formula is C11H12Cl3NO2. The van der Waals surface area contributed by atoms with E-state index in [-0.39, 0.29) is 18.6 Å². The van der Waals surface area contributed by atoms with Crippen LogP contribution in [0.2, 0.25) is 15.1 Å². The third-order valence-corrected chi connectivity index (χ3v) is 2.87. The highest BCUT2D eigenvalue weighted by Crippen LogP contribution is 2.32. The van der Waals surface area contributed by atoms with E-state index in [0.717, 1.165) is 0 Å². The fourth-order valence-corrected chi connectivity index (χ4v) is 1.64. The molecule has 94 valence electrons. The van der Waals surface area contributed by atoms with Crippen LogP contribution in [-0.2, 0) is 9.53 Å². The van der Waals surface area contributed by atoms with E-state index in [4.69, 9.17) is 39.5 Å². The molecule has 0 aliphatic carbocycles.